The molecule has 0 saturated heterocycles. The van der Waals surface area contributed by atoms with Crippen molar-refractivity contribution in [2.24, 2.45) is 12.5 Å². The van der Waals surface area contributed by atoms with Crippen molar-refractivity contribution in [1.29, 1.82) is 5.26 Å². The van der Waals surface area contributed by atoms with E-state index in [9.17, 15) is 5.26 Å². The molecule has 1 aliphatic heterocycles. The lowest BCUT2D eigenvalue weighted by Crippen LogP contribution is -2.32. The molecule has 6 rings (SSSR count). The van der Waals surface area contributed by atoms with Crippen molar-refractivity contribution >= 4 is 32.3 Å². The van der Waals surface area contributed by atoms with Crippen molar-refractivity contribution in [1.82, 2.24) is 0 Å². The maximum atomic E-state index is 9.74. The predicted octanol–water partition coefficient (Wildman–Crippen LogP) is 8.27. The normalized spacial score (nSPS) is 12.7. The number of pyridine rings is 1. The zero-order valence-electron chi connectivity index (χ0n) is 21.9. The van der Waals surface area contributed by atoms with Crippen LogP contribution in [0.4, 0.5) is 0 Å². The molecule has 2 heterocycles. The van der Waals surface area contributed by atoms with E-state index in [4.69, 9.17) is 4.74 Å². The van der Waals surface area contributed by atoms with Crippen LogP contribution in [0, 0.1) is 23.7 Å². The summed E-state index contributed by atoms with van der Waals surface area (Å²) in [5.41, 5.74) is 5.66. The highest BCUT2D eigenvalue weighted by molar-refractivity contribution is 6.17. The van der Waals surface area contributed by atoms with Crippen LogP contribution in [0.1, 0.15) is 50.3 Å². The summed E-state index contributed by atoms with van der Waals surface area (Å²) in [6.07, 6.45) is 2.87. The first-order chi connectivity index (χ1) is 17.2. The zero-order valence-corrected chi connectivity index (χ0v) is 21.9. The minimum absolute atomic E-state index is 0.315. The number of hydrogen-bond acceptors (Lipinski definition) is 2. The third kappa shape index (κ3) is 3.14. The average molecular weight is 472 g/mol. The highest BCUT2D eigenvalue weighted by Gasteiger charge is 2.34. The van der Waals surface area contributed by atoms with Crippen molar-refractivity contribution in [3.05, 3.63) is 77.5 Å². The van der Waals surface area contributed by atoms with Gasteiger partial charge in [0.05, 0.1) is 22.4 Å². The Bertz CT molecular complexity index is 1770. The number of hydrogen-bond donors (Lipinski definition) is 0. The van der Waals surface area contributed by atoms with Crippen LogP contribution in [-0.4, -0.2) is 0 Å². The molecule has 3 heteroatoms. The van der Waals surface area contributed by atoms with Gasteiger partial charge in [-0.2, -0.15) is 5.26 Å². The number of ether oxygens (including phenoxy) is 1. The van der Waals surface area contributed by atoms with Crippen molar-refractivity contribution < 1.29 is 9.30 Å². The van der Waals surface area contributed by atoms with Crippen molar-refractivity contribution in [2.75, 3.05) is 0 Å². The molecule has 0 unspecified atom stereocenters. The van der Waals surface area contributed by atoms with Gasteiger partial charge in [-0.25, -0.2) is 4.57 Å². The quantitative estimate of drug-likeness (QED) is 0.192. The van der Waals surface area contributed by atoms with E-state index in [1.165, 1.54) is 49.5 Å². The van der Waals surface area contributed by atoms with E-state index in [1.54, 1.807) is 0 Å². The fourth-order valence-electron chi connectivity index (χ4n) is 6.11. The van der Waals surface area contributed by atoms with Gasteiger partial charge in [-0.15, -0.1) is 0 Å². The lowest BCUT2D eigenvalue weighted by molar-refractivity contribution is -0.659. The van der Waals surface area contributed by atoms with Crippen molar-refractivity contribution in [3.8, 4) is 28.8 Å². The SMILES string of the molecule is Cc1c2c(c(C(C)C)c3ccccc13)Oc1cc3cccc(CC(C)(C)C#N)c3c3cc[n+](C)c-2c13. The van der Waals surface area contributed by atoms with Gasteiger partial charge in [-0.1, -0.05) is 56.3 Å². The third-order valence-corrected chi connectivity index (χ3v) is 7.74. The van der Waals surface area contributed by atoms with Gasteiger partial charge >= 0.3 is 0 Å². The first kappa shape index (κ1) is 22.6. The van der Waals surface area contributed by atoms with E-state index in [2.05, 4.69) is 99.2 Å². The van der Waals surface area contributed by atoms with E-state index in [1.807, 2.05) is 13.8 Å². The van der Waals surface area contributed by atoms with Gasteiger partial charge in [0.15, 0.2) is 6.20 Å². The van der Waals surface area contributed by atoms with Crippen LogP contribution in [0.25, 0.3) is 43.6 Å². The Morgan fingerprint density at radius 2 is 1.72 bits per heavy atom. The summed E-state index contributed by atoms with van der Waals surface area (Å²) in [5, 5.41) is 17.0. The summed E-state index contributed by atoms with van der Waals surface area (Å²) in [6, 6.07) is 22.0. The van der Waals surface area contributed by atoms with Gasteiger partial charge in [0.25, 0.3) is 0 Å². The molecule has 0 atom stereocenters. The second kappa shape index (κ2) is 7.80. The van der Waals surface area contributed by atoms with Gasteiger partial charge in [0, 0.05) is 17.0 Å². The Hall–Kier alpha value is -3.90. The van der Waals surface area contributed by atoms with Crippen LogP contribution in [0.5, 0.6) is 11.5 Å². The Balaban J connectivity index is 1.78. The lowest BCUT2D eigenvalue weighted by Gasteiger charge is -2.27. The Morgan fingerprint density at radius 1 is 0.972 bits per heavy atom. The second-order valence-electron chi connectivity index (χ2n) is 11.2. The molecule has 0 fully saturated rings. The highest BCUT2D eigenvalue weighted by atomic mass is 16.5. The molecule has 1 aliphatic rings. The molecule has 0 amide bonds. The van der Waals surface area contributed by atoms with Crippen LogP contribution >= 0.6 is 0 Å². The number of nitriles is 1. The molecular formula is C33H31N2O+. The summed E-state index contributed by atoms with van der Waals surface area (Å²) in [7, 11) is 2.13. The van der Waals surface area contributed by atoms with Crippen LogP contribution < -0.4 is 9.30 Å². The largest absolute Gasteiger partial charge is 0.455 e. The maximum Gasteiger partial charge on any atom is 0.228 e. The molecule has 0 bridgehead atoms. The summed E-state index contributed by atoms with van der Waals surface area (Å²) in [5.74, 6) is 2.21. The van der Waals surface area contributed by atoms with E-state index in [-0.39, 0.29) is 0 Å². The van der Waals surface area contributed by atoms with Crippen molar-refractivity contribution in [3.63, 3.8) is 0 Å². The number of aromatic nitrogens is 1. The molecule has 0 N–H and O–H groups in total. The average Bonchev–Trinajstić information content (AvgIpc) is 2.85. The molecule has 0 saturated carbocycles. The van der Waals surface area contributed by atoms with E-state index < -0.39 is 5.41 Å². The van der Waals surface area contributed by atoms with Gasteiger partial charge in [-0.05, 0) is 71.8 Å². The van der Waals surface area contributed by atoms with Crippen LogP contribution in [0.2, 0.25) is 0 Å². The fraction of sp³-hybridized carbons (Fsp3) is 0.273. The third-order valence-electron chi connectivity index (χ3n) is 7.74. The van der Waals surface area contributed by atoms with Crippen LogP contribution in [0.3, 0.4) is 0 Å². The minimum Gasteiger partial charge on any atom is -0.455 e. The first-order valence-corrected chi connectivity index (χ1v) is 12.7. The number of fused-ring (bicyclic) bond motifs is 5. The van der Waals surface area contributed by atoms with Gasteiger partial charge in [0.1, 0.15) is 18.5 Å². The van der Waals surface area contributed by atoms with Gasteiger partial charge in [0.2, 0.25) is 5.69 Å². The second-order valence-corrected chi connectivity index (χ2v) is 11.2. The van der Waals surface area contributed by atoms with Crippen LogP contribution in [-0.2, 0) is 13.5 Å². The fourth-order valence-corrected chi connectivity index (χ4v) is 6.11. The highest BCUT2D eigenvalue weighted by Crippen LogP contribution is 2.53. The Morgan fingerprint density at radius 3 is 2.44 bits per heavy atom. The lowest BCUT2D eigenvalue weighted by atomic mass is 9.82. The molecule has 0 spiro atoms. The number of nitrogens with zero attached hydrogens (tertiary/aromatic N) is 2. The van der Waals surface area contributed by atoms with E-state index in [0.717, 1.165) is 22.3 Å². The number of benzene rings is 4. The summed E-state index contributed by atoms with van der Waals surface area (Å²) in [4.78, 5) is 0. The molecule has 36 heavy (non-hydrogen) atoms. The molecule has 4 aromatic carbocycles. The molecule has 5 aromatic rings. The molecule has 3 nitrogen and oxygen atoms in total. The predicted molar refractivity (Wildman–Crippen MR) is 148 cm³/mol. The topological polar surface area (TPSA) is 36.9 Å². The van der Waals surface area contributed by atoms with E-state index in [0.29, 0.717) is 12.3 Å². The maximum absolute atomic E-state index is 9.74. The molecule has 0 radical (unpaired) electrons. The monoisotopic (exact) mass is 471 g/mol. The number of aryl methyl sites for hydroxylation is 2. The smallest absolute Gasteiger partial charge is 0.228 e. The van der Waals surface area contributed by atoms with Crippen LogP contribution in [0.15, 0.2) is 60.8 Å². The number of rotatable bonds is 3. The Labute approximate surface area is 212 Å². The molecular weight excluding hydrogens is 440 g/mol. The van der Waals surface area contributed by atoms with Gasteiger partial charge in [-0.3, -0.25) is 0 Å². The standard InChI is InChI=1S/C33H31N2O/c1-19(2)27-24-13-8-7-12-23(24)20(3)28-31-30-25(14-15-35(31)6)29-21(16-26(30)36-32(27)28)10-9-11-22(29)17-33(4,5)18-34/h7-16,19H,17H2,1-6H3/q+1. The van der Waals surface area contributed by atoms with Crippen molar-refractivity contribution in [2.45, 2.75) is 47.0 Å². The first-order valence-electron chi connectivity index (χ1n) is 12.7. The minimum atomic E-state index is -0.441. The molecule has 178 valence electrons. The zero-order chi connectivity index (χ0) is 25.4. The Kier molecular flexibility index (Phi) is 4.89. The van der Waals surface area contributed by atoms with E-state index >= 15 is 0 Å². The molecule has 1 aromatic heterocycles. The summed E-state index contributed by atoms with van der Waals surface area (Å²) < 4.78 is 9.13. The molecule has 0 aliphatic carbocycles. The summed E-state index contributed by atoms with van der Waals surface area (Å²) in [6.45, 7) is 10.7. The summed E-state index contributed by atoms with van der Waals surface area (Å²) >= 11 is 0. The van der Waals surface area contributed by atoms with Gasteiger partial charge < -0.3 is 4.74 Å².